The minimum atomic E-state index is -1.18. The van der Waals surface area contributed by atoms with Gasteiger partial charge >= 0.3 is 5.97 Å². The maximum atomic E-state index is 14.5. The van der Waals surface area contributed by atoms with Crippen molar-refractivity contribution < 1.29 is 29.0 Å². The van der Waals surface area contributed by atoms with Crippen LogP contribution in [0.25, 0.3) is 0 Å². The molecule has 6 atom stereocenters. The number of aliphatic hydroxyl groups excluding tert-OH is 1. The summed E-state index contributed by atoms with van der Waals surface area (Å²) in [7, 11) is 0. The van der Waals surface area contributed by atoms with Crippen LogP contribution in [0.4, 0.5) is 5.69 Å². The Morgan fingerprint density at radius 3 is 2.59 bits per heavy atom. The summed E-state index contributed by atoms with van der Waals surface area (Å²) in [6.07, 6.45) is 6.35. The first-order valence-electron chi connectivity index (χ1n) is 13.8. The summed E-state index contributed by atoms with van der Waals surface area (Å²) in [5.74, 6) is -2.93. The largest absolute Gasteiger partial charge is 0.465 e. The number of carbonyl (C=O) groups excluding carboxylic acids is 3. The van der Waals surface area contributed by atoms with Crippen molar-refractivity contribution in [2.75, 3.05) is 24.7 Å². The van der Waals surface area contributed by atoms with Crippen molar-refractivity contribution >= 4 is 35.1 Å². The van der Waals surface area contributed by atoms with Gasteiger partial charge in [0.25, 0.3) is 5.91 Å². The number of nitrogens with zero attached hydrogens (tertiary/aromatic N) is 2. The van der Waals surface area contributed by atoms with Gasteiger partial charge in [-0.1, -0.05) is 37.6 Å². The maximum absolute atomic E-state index is 14.5. The van der Waals surface area contributed by atoms with E-state index in [0.29, 0.717) is 30.0 Å². The fourth-order valence-corrected chi connectivity index (χ4v) is 6.62. The molecule has 3 aliphatic rings. The number of halogens is 1. The molecule has 1 aromatic rings. The number of allylic oxidation sites excluding steroid dienone is 1. The van der Waals surface area contributed by atoms with Crippen LogP contribution in [-0.2, 0) is 23.9 Å². The van der Waals surface area contributed by atoms with Gasteiger partial charge in [0, 0.05) is 17.3 Å². The highest BCUT2D eigenvalue weighted by molar-refractivity contribution is 6.30. The van der Waals surface area contributed by atoms with Crippen LogP contribution < -0.4 is 4.90 Å². The van der Waals surface area contributed by atoms with Crippen LogP contribution in [0, 0.1) is 17.8 Å². The molecule has 9 heteroatoms. The van der Waals surface area contributed by atoms with Gasteiger partial charge in [-0.25, -0.2) is 0 Å². The summed E-state index contributed by atoms with van der Waals surface area (Å²) in [5, 5.41) is 10.9. The molecule has 3 saturated heterocycles. The van der Waals surface area contributed by atoms with Crippen molar-refractivity contribution in [1.29, 1.82) is 0 Å². The van der Waals surface area contributed by atoms with Crippen LogP contribution in [0.5, 0.6) is 0 Å². The summed E-state index contributed by atoms with van der Waals surface area (Å²) in [6.45, 7) is 11.5. The third-order valence-corrected chi connectivity index (χ3v) is 8.57. The Hall–Kier alpha value is -2.68. The fourth-order valence-electron chi connectivity index (χ4n) is 6.50. The second-order valence-electron chi connectivity index (χ2n) is 11.0. The Labute approximate surface area is 235 Å². The van der Waals surface area contributed by atoms with Crippen molar-refractivity contribution in [1.82, 2.24) is 4.90 Å². The molecule has 1 aromatic carbocycles. The summed E-state index contributed by atoms with van der Waals surface area (Å²) in [4.78, 5) is 45.0. The first kappa shape index (κ1) is 29.3. The zero-order chi connectivity index (χ0) is 28.3. The molecule has 2 amide bonds. The van der Waals surface area contributed by atoms with Crippen molar-refractivity contribution in [3.63, 3.8) is 0 Å². The van der Waals surface area contributed by atoms with E-state index in [0.717, 1.165) is 12.8 Å². The van der Waals surface area contributed by atoms with Crippen LogP contribution in [0.1, 0.15) is 46.0 Å². The smallest absolute Gasteiger partial charge is 0.312 e. The number of unbranched alkanes of at least 4 members (excludes halogenated alkanes) is 2. The van der Waals surface area contributed by atoms with E-state index in [4.69, 9.17) is 21.1 Å². The van der Waals surface area contributed by atoms with Crippen molar-refractivity contribution in [3.8, 4) is 0 Å². The molecular weight excluding hydrogens is 520 g/mol. The standard InChI is InChI=1S/C30H39ClN2O6/c1-5-7-8-9-17-38-29(37)24-23-14-15-30(39-23)25(24)27(35)33(22(18-34)19(3)4)26(30)28(36)32(16-6-2)21-12-10-20(31)11-13-21/h5-6,10-13,19,22-26,34H,1-2,7-9,14-18H2,3-4H3/t22-,23-,24+,25-,26?,30?/m0/s1. The van der Waals surface area contributed by atoms with Gasteiger partial charge in [-0.15, -0.1) is 13.2 Å². The van der Waals surface area contributed by atoms with Gasteiger partial charge in [0.05, 0.1) is 37.2 Å². The number of fused-ring (bicyclic) bond motifs is 1. The van der Waals surface area contributed by atoms with Gasteiger partial charge in [0.2, 0.25) is 5.91 Å². The summed E-state index contributed by atoms with van der Waals surface area (Å²) < 4.78 is 12.1. The SMILES string of the molecule is C=CCCCCOC(=O)[C@@H]1[C@@H]2CCC3(O2)C(C(=O)N(CC=C)c2ccc(Cl)cc2)N([C@@H](CO)C(C)C)C(=O)[C@H]13. The molecule has 8 nitrogen and oxygen atoms in total. The van der Waals surface area contributed by atoms with E-state index in [1.165, 1.54) is 4.90 Å². The van der Waals surface area contributed by atoms with E-state index in [2.05, 4.69) is 13.2 Å². The van der Waals surface area contributed by atoms with E-state index < -0.39 is 41.6 Å². The van der Waals surface area contributed by atoms with E-state index >= 15 is 0 Å². The minimum Gasteiger partial charge on any atom is -0.465 e. The Balaban J connectivity index is 1.71. The average molecular weight is 559 g/mol. The lowest BCUT2D eigenvalue weighted by atomic mass is 9.70. The summed E-state index contributed by atoms with van der Waals surface area (Å²) in [5.41, 5.74) is -0.579. The lowest BCUT2D eigenvalue weighted by Gasteiger charge is -2.40. The van der Waals surface area contributed by atoms with Crippen LogP contribution in [0.2, 0.25) is 5.02 Å². The predicted octanol–water partition coefficient (Wildman–Crippen LogP) is 4.15. The number of ether oxygens (including phenoxy) is 2. The monoisotopic (exact) mass is 558 g/mol. The number of esters is 1. The molecule has 3 fully saturated rings. The van der Waals surface area contributed by atoms with Gasteiger partial charge in [0.15, 0.2) is 0 Å². The number of anilines is 1. The molecule has 3 heterocycles. The second-order valence-corrected chi connectivity index (χ2v) is 11.4. The van der Waals surface area contributed by atoms with Crippen molar-refractivity contribution in [3.05, 3.63) is 54.6 Å². The molecule has 0 saturated carbocycles. The number of aliphatic hydroxyl groups is 1. The lowest BCUT2D eigenvalue weighted by molar-refractivity contribution is -0.156. The van der Waals surface area contributed by atoms with Crippen LogP contribution in [0.15, 0.2) is 49.6 Å². The molecule has 2 unspecified atom stereocenters. The van der Waals surface area contributed by atoms with Crippen molar-refractivity contribution in [2.45, 2.75) is 69.7 Å². The molecule has 212 valence electrons. The van der Waals surface area contributed by atoms with E-state index in [1.54, 1.807) is 35.2 Å². The summed E-state index contributed by atoms with van der Waals surface area (Å²) in [6, 6.07) is 5.24. The average Bonchev–Trinajstić information content (AvgIpc) is 3.55. The number of likely N-dealkylation sites (tertiary alicyclic amines) is 1. The van der Waals surface area contributed by atoms with Crippen LogP contribution in [-0.4, -0.2) is 71.3 Å². The van der Waals surface area contributed by atoms with Gasteiger partial charge in [-0.05, 0) is 62.3 Å². The Bertz CT molecular complexity index is 1090. The third kappa shape index (κ3) is 5.26. The van der Waals surface area contributed by atoms with Gasteiger partial charge in [-0.3, -0.25) is 14.4 Å². The molecule has 1 spiro atoms. The maximum Gasteiger partial charge on any atom is 0.312 e. The number of amides is 2. The molecule has 1 N–H and O–H groups in total. The van der Waals surface area contributed by atoms with Crippen LogP contribution in [0.3, 0.4) is 0 Å². The van der Waals surface area contributed by atoms with E-state index in [1.807, 2.05) is 19.9 Å². The van der Waals surface area contributed by atoms with E-state index in [-0.39, 0.29) is 37.5 Å². The zero-order valence-electron chi connectivity index (χ0n) is 22.8. The van der Waals surface area contributed by atoms with Gasteiger partial charge in [0.1, 0.15) is 11.6 Å². The Kier molecular flexibility index (Phi) is 9.19. The van der Waals surface area contributed by atoms with E-state index in [9.17, 15) is 19.5 Å². The Morgan fingerprint density at radius 2 is 1.97 bits per heavy atom. The highest BCUT2D eigenvalue weighted by atomic mass is 35.5. The van der Waals surface area contributed by atoms with Gasteiger partial charge < -0.3 is 24.4 Å². The Morgan fingerprint density at radius 1 is 1.26 bits per heavy atom. The molecule has 4 rings (SSSR count). The molecular formula is C30H39ClN2O6. The number of rotatable bonds is 13. The number of hydrogen-bond donors (Lipinski definition) is 1. The van der Waals surface area contributed by atoms with Gasteiger partial charge in [-0.2, -0.15) is 0 Å². The number of benzene rings is 1. The summed E-state index contributed by atoms with van der Waals surface area (Å²) >= 11 is 6.10. The molecule has 0 aliphatic carbocycles. The second kappa shape index (κ2) is 12.2. The predicted molar refractivity (Wildman–Crippen MR) is 149 cm³/mol. The first-order valence-corrected chi connectivity index (χ1v) is 14.2. The molecule has 0 aromatic heterocycles. The first-order chi connectivity index (χ1) is 18.7. The minimum absolute atomic E-state index is 0.139. The molecule has 2 bridgehead atoms. The zero-order valence-corrected chi connectivity index (χ0v) is 23.5. The fraction of sp³-hybridized carbons (Fsp3) is 0.567. The van der Waals surface area contributed by atoms with Crippen molar-refractivity contribution in [2.24, 2.45) is 17.8 Å². The molecule has 39 heavy (non-hydrogen) atoms. The molecule has 3 aliphatic heterocycles. The highest BCUT2D eigenvalue weighted by Crippen LogP contribution is 2.59. The topological polar surface area (TPSA) is 96.4 Å². The normalized spacial score (nSPS) is 27.9. The molecule has 0 radical (unpaired) electrons. The third-order valence-electron chi connectivity index (χ3n) is 8.32. The van der Waals surface area contributed by atoms with Crippen LogP contribution >= 0.6 is 11.6 Å². The number of carbonyl (C=O) groups is 3. The lowest BCUT2D eigenvalue weighted by Crippen LogP contribution is -2.59. The quantitative estimate of drug-likeness (QED) is 0.222. The number of hydrogen-bond acceptors (Lipinski definition) is 6. The highest BCUT2D eigenvalue weighted by Gasteiger charge is 2.75.